The number of nitrogens with one attached hydrogen (secondary N) is 2. The molecule has 1 aliphatic rings. The molecule has 0 saturated carbocycles. The summed E-state index contributed by atoms with van der Waals surface area (Å²) in [4.78, 5) is 24.2. The van der Waals surface area contributed by atoms with Crippen molar-refractivity contribution in [2.24, 2.45) is 0 Å². The number of ether oxygens (including phenoxy) is 1. The van der Waals surface area contributed by atoms with Gasteiger partial charge in [-0.15, -0.1) is 0 Å². The Bertz CT molecular complexity index is 1100. The van der Waals surface area contributed by atoms with Crippen molar-refractivity contribution in [2.75, 3.05) is 26.3 Å². The van der Waals surface area contributed by atoms with E-state index in [0.29, 0.717) is 5.56 Å². The predicted molar refractivity (Wildman–Crippen MR) is 107 cm³/mol. The smallest absolute Gasteiger partial charge is 0.378 e. The summed E-state index contributed by atoms with van der Waals surface area (Å²) in [6, 6.07) is 0.708. The summed E-state index contributed by atoms with van der Waals surface area (Å²) in [7, 11) is -5.33. The lowest BCUT2D eigenvalue weighted by molar-refractivity contribution is -0.345. The number of morpholine rings is 1. The van der Waals surface area contributed by atoms with E-state index >= 15 is 0 Å². The van der Waals surface area contributed by atoms with Crippen LogP contribution in [0.4, 0.5) is 40.3 Å². The maximum Gasteiger partial charge on any atom is 0.460 e. The third-order valence-electron chi connectivity index (χ3n) is 4.59. The van der Waals surface area contributed by atoms with E-state index in [1.165, 1.54) is 24.4 Å². The van der Waals surface area contributed by atoms with Crippen LogP contribution in [0.15, 0.2) is 39.2 Å². The van der Waals surface area contributed by atoms with Gasteiger partial charge in [0.05, 0.1) is 18.1 Å². The number of imide groups is 1. The van der Waals surface area contributed by atoms with Gasteiger partial charge in [-0.2, -0.15) is 30.7 Å². The first-order chi connectivity index (χ1) is 15.9. The van der Waals surface area contributed by atoms with Gasteiger partial charge in [0, 0.05) is 13.1 Å². The first-order valence-electron chi connectivity index (χ1n) is 9.42. The number of sulfone groups is 1. The highest BCUT2D eigenvalue weighted by Crippen LogP contribution is 2.50. The second-order valence-electron chi connectivity index (χ2n) is 7.10. The third-order valence-corrected chi connectivity index (χ3v) is 6.95. The minimum atomic E-state index is -6.88. The van der Waals surface area contributed by atoms with Crippen LogP contribution in [0, 0.1) is 6.92 Å². The first kappa shape index (κ1) is 28.6. The van der Waals surface area contributed by atoms with Crippen LogP contribution in [0.25, 0.3) is 0 Å². The van der Waals surface area contributed by atoms with Gasteiger partial charge in [-0.25, -0.2) is 18.0 Å². The van der Waals surface area contributed by atoms with Gasteiger partial charge in [0.25, 0.3) is 0 Å². The summed E-state index contributed by atoms with van der Waals surface area (Å²) in [5.41, 5.74) is -2.30. The first-order valence-corrected chi connectivity index (χ1v) is 11.3. The Kier molecular flexibility index (Phi) is 8.33. The van der Waals surface area contributed by atoms with Crippen molar-refractivity contribution in [3.8, 4) is 0 Å². The summed E-state index contributed by atoms with van der Waals surface area (Å²) in [6.45, 7) is 1.46. The number of hydrogen-bond donors (Lipinski definition) is 2. The van der Waals surface area contributed by atoms with E-state index in [0.717, 1.165) is 22.3 Å². The number of carbonyl (C=O) groups is 2. The van der Waals surface area contributed by atoms with Crippen molar-refractivity contribution in [2.45, 2.75) is 29.8 Å². The molecule has 1 aromatic rings. The average molecular weight is 556 g/mol. The number of aryl methyl sites for hydroxylation is 1. The van der Waals surface area contributed by atoms with Gasteiger partial charge >= 0.3 is 30.1 Å². The zero-order valence-electron chi connectivity index (χ0n) is 17.6. The molecule has 1 heterocycles. The number of amides is 4. The molecule has 4 amide bonds. The van der Waals surface area contributed by atoms with Crippen molar-refractivity contribution in [1.82, 2.24) is 15.5 Å². The summed E-state index contributed by atoms with van der Waals surface area (Å²) in [5.74, 6) is -13.3. The van der Waals surface area contributed by atoms with E-state index in [1.807, 2.05) is 0 Å². The molecule has 2 N–H and O–H groups in total. The minimum Gasteiger partial charge on any atom is -0.378 e. The van der Waals surface area contributed by atoms with Crippen molar-refractivity contribution < 1.29 is 53.5 Å². The number of halogens is 8. The fourth-order valence-electron chi connectivity index (χ4n) is 2.63. The number of carbonyl (C=O) groups excluding carboxylic acids is 2. The monoisotopic (exact) mass is 555 g/mol. The molecule has 1 saturated heterocycles. The molecule has 0 bridgehead atoms. The van der Waals surface area contributed by atoms with Crippen LogP contribution in [-0.2, 0) is 14.6 Å². The molecule has 0 aliphatic carbocycles. The number of allylic oxidation sites excluding steroid dienone is 1. The molecule has 2 rings (SSSR count). The van der Waals surface area contributed by atoms with Crippen LogP contribution in [0.3, 0.4) is 0 Å². The molecule has 17 heteroatoms. The Morgan fingerprint density at radius 2 is 1.49 bits per heavy atom. The van der Waals surface area contributed by atoms with Crippen LogP contribution in [0.5, 0.6) is 0 Å². The second-order valence-corrected chi connectivity index (χ2v) is 9.58. The molecular weight excluding hydrogens is 539 g/mol. The van der Waals surface area contributed by atoms with E-state index in [1.54, 1.807) is 0 Å². The van der Waals surface area contributed by atoms with Gasteiger partial charge in [0.2, 0.25) is 9.84 Å². The minimum absolute atomic E-state index is 0.0384. The molecule has 0 spiro atoms. The van der Waals surface area contributed by atoms with Crippen LogP contribution < -0.4 is 10.6 Å². The maximum absolute atomic E-state index is 14.5. The van der Waals surface area contributed by atoms with Crippen LogP contribution in [-0.4, -0.2) is 69.7 Å². The molecule has 0 unspecified atom stereocenters. The molecule has 0 aromatic heterocycles. The van der Waals surface area contributed by atoms with Crippen LogP contribution in [0.1, 0.15) is 5.56 Å². The highest BCUT2D eigenvalue weighted by molar-refractivity contribution is 7.97. The third kappa shape index (κ3) is 5.98. The summed E-state index contributed by atoms with van der Waals surface area (Å²) in [5, 5.41) is 2.33. The fourth-order valence-corrected chi connectivity index (χ4v) is 4.21. The van der Waals surface area contributed by atoms with E-state index < -0.39 is 54.9 Å². The Labute approximate surface area is 198 Å². The molecule has 0 atom stereocenters. The fraction of sp³-hybridized carbons (Fsp3) is 0.444. The van der Waals surface area contributed by atoms with Gasteiger partial charge in [-0.3, -0.25) is 5.32 Å². The lowest BCUT2D eigenvalue weighted by atomic mass is 10.1. The predicted octanol–water partition coefficient (Wildman–Crippen LogP) is 3.76. The lowest BCUT2D eigenvalue weighted by Gasteiger charge is -2.31. The average Bonchev–Trinajstić information content (AvgIpc) is 2.76. The number of rotatable bonds is 5. The zero-order valence-corrected chi connectivity index (χ0v) is 19.1. The van der Waals surface area contributed by atoms with Gasteiger partial charge < -0.3 is 15.0 Å². The molecule has 35 heavy (non-hydrogen) atoms. The normalized spacial score (nSPS) is 16.4. The number of urea groups is 2. The molecule has 1 aliphatic heterocycles. The summed E-state index contributed by atoms with van der Waals surface area (Å²) >= 11 is 5.44. The molecule has 0 radical (unpaired) electrons. The Hall–Kier alpha value is -2.59. The quantitative estimate of drug-likeness (QED) is 0.539. The molecular formula is C18H17ClF7N3O5S. The van der Waals surface area contributed by atoms with Crippen molar-refractivity contribution in [3.63, 3.8) is 0 Å². The van der Waals surface area contributed by atoms with E-state index in [2.05, 4.69) is 0 Å². The van der Waals surface area contributed by atoms with Gasteiger partial charge in [0.15, 0.2) is 4.36 Å². The van der Waals surface area contributed by atoms with E-state index in [9.17, 15) is 48.7 Å². The van der Waals surface area contributed by atoms with Gasteiger partial charge in [0.1, 0.15) is 5.70 Å². The Morgan fingerprint density at radius 1 is 0.971 bits per heavy atom. The molecule has 8 nitrogen and oxygen atoms in total. The number of hydrogen-bond acceptors (Lipinski definition) is 5. The number of nitrogens with zero attached hydrogens (tertiary/aromatic N) is 1. The molecule has 1 fully saturated rings. The lowest BCUT2D eigenvalue weighted by Crippen LogP contribution is -2.57. The Morgan fingerprint density at radius 3 is 1.97 bits per heavy atom. The SMILES string of the molecule is Cc1ccc(S(=O)(=O)C(Cl)=C(NC(=O)NC(=O)N2CCOCC2)C(F)(F)C(F)(F)C(F)(F)F)cc1. The summed E-state index contributed by atoms with van der Waals surface area (Å²) in [6.07, 6.45) is -6.88. The molecule has 1 aromatic carbocycles. The van der Waals surface area contributed by atoms with Crippen molar-refractivity contribution in [1.29, 1.82) is 0 Å². The van der Waals surface area contributed by atoms with Crippen molar-refractivity contribution >= 4 is 33.5 Å². The molecule has 196 valence electrons. The second kappa shape index (κ2) is 10.2. The largest absolute Gasteiger partial charge is 0.460 e. The van der Waals surface area contributed by atoms with Gasteiger partial charge in [-0.1, -0.05) is 29.3 Å². The van der Waals surface area contributed by atoms with E-state index in [4.69, 9.17) is 16.3 Å². The van der Waals surface area contributed by atoms with Gasteiger partial charge in [-0.05, 0) is 19.1 Å². The maximum atomic E-state index is 14.5. The number of benzene rings is 1. The summed E-state index contributed by atoms with van der Waals surface area (Å²) < 4.78 is 123. The topological polar surface area (TPSA) is 105 Å². The van der Waals surface area contributed by atoms with Crippen molar-refractivity contribution in [3.05, 3.63) is 39.9 Å². The highest BCUT2D eigenvalue weighted by Gasteiger charge is 2.75. The number of alkyl halides is 7. The van der Waals surface area contributed by atoms with E-state index in [-0.39, 0.29) is 26.3 Å². The standard InChI is InChI=1S/C18H17ClF7N3O5S/c1-10-2-4-11(5-3-10)35(32,33)13(19)12(16(20,21)17(22,23)18(24,25)26)27-14(30)28-15(31)29-6-8-34-9-7-29/h2-5H,6-9H2,1H3,(H2,27,28,30,31). The zero-order chi connectivity index (χ0) is 26.8. The van der Waals surface area contributed by atoms with Crippen LogP contribution >= 0.6 is 11.6 Å². The Balaban J connectivity index is 2.54. The van der Waals surface area contributed by atoms with Crippen LogP contribution in [0.2, 0.25) is 0 Å². The highest BCUT2D eigenvalue weighted by atomic mass is 35.5.